The van der Waals surface area contributed by atoms with Crippen LogP contribution in [0.4, 0.5) is 4.39 Å². The summed E-state index contributed by atoms with van der Waals surface area (Å²) < 4.78 is 15.1. The highest BCUT2D eigenvalue weighted by Crippen LogP contribution is 2.28. The largest absolute Gasteiger partial charge is 0.350 e. The maximum absolute atomic E-state index is 13.8. The maximum Gasteiger partial charge on any atom is 0.294 e. The predicted molar refractivity (Wildman–Crippen MR) is 137 cm³/mol. The summed E-state index contributed by atoms with van der Waals surface area (Å²) in [4.78, 5) is 44.4. The van der Waals surface area contributed by atoms with Gasteiger partial charge in [-0.2, -0.15) is 0 Å². The van der Waals surface area contributed by atoms with Crippen molar-refractivity contribution in [2.45, 2.75) is 39.4 Å². The zero-order valence-electron chi connectivity index (χ0n) is 21.7. The minimum absolute atomic E-state index is 0.0311. The lowest BCUT2D eigenvalue weighted by Gasteiger charge is -2.44. The van der Waals surface area contributed by atoms with Gasteiger partial charge in [-0.05, 0) is 56.2 Å². The molecule has 3 aromatic rings. The number of aromatic nitrogens is 1. The molecule has 190 valence electrons. The first-order chi connectivity index (χ1) is 17.0. The van der Waals surface area contributed by atoms with Crippen LogP contribution in [0.5, 0.6) is 0 Å². The van der Waals surface area contributed by atoms with Crippen molar-refractivity contribution in [2.24, 2.45) is 7.05 Å². The second-order valence-electron chi connectivity index (χ2n) is 10.1. The van der Waals surface area contributed by atoms with Crippen molar-refractivity contribution in [3.05, 3.63) is 70.7 Å². The van der Waals surface area contributed by atoms with E-state index in [-0.39, 0.29) is 23.8 Å². The van der Waals surface area contributed by atoms with E-state index < -0.39 is 11.7 Å². The van der Waals surface area contributed by atoms with Gasteiger partial charge in [0, 0.05) is 75.5 Å². The highest BCUT2D eigenvalue weighted by atomic mass is 19.1. The van der Waals surface area contributed by atoms with E-state index in [1.165, 1.54) is 17.0 Å². The van der Waals surface area contributed by atoms with Gasteiger partial charge in [0.05, 0.1) is 5.56 Å². The minimum Gasteiger partial charge on any atom is -0.350 e. The Labute approximate surface area is 211 Å². The summed E-state index contributed by atoms with van der Waals surface area (Å²) in [5.74, 6) is -1.53. The molecule has 2 aromatic carbocycles. The molecule has 2 heterocycles. The van der Waals surface area contributed by atoms with Crippen LogP contribution in [-0.2, 0) is 18.4 Å². The molecule has 0 bridgehead atoms. The van der Waals surface area contributed by atoms with Gasteiger partial charge in [0.1, 0.15) is 5.82 Å². The zero-order chi connectivity index (χ0) is 26.3. The summed E-state index contributed by atoms with van der Waals surface area (Å²) >= 11 is 0. The minimum atomic E-state index is -0.601. The molecule has 4 rings (SSSR count). The molecule has 1 fully saturated rings. The van der Waals surface area contributed by atoms with E-state index in [2.05, 4.69) is 11.8 Å². The number of Topliss-reactive ketones (excluding diaryl/α,β-unsaturated/α-hetero) is 1. The van der Waals surface area contributed by atoms with Crippen molar-refractivity contribution in [3.63, 3.8) is 0 Å². The second kappa shape index (κ2) is 9.85. The van der Waals surface area contributed by atoms with Gasteiger partial charge < -0.3 is 14.4 Å². The van der Waals surface area contributed by atoms with E-state index in [1.54, 1.807) is 38.5 Å². The van der Waals surface area contributed by atoms with Crippen LogP contribution in [0, 0.1) is 12.7 Å². The van der Waals surface area contributed by atoms with Crippen LogP contribution in [0.25, 0.3) is 10.9 Å². The Balaban J connectivity index is 1.60. The highest BCUT2D eigenvalue weighted by Gasteiger charge is 2.33. The lowest BCUT2D eigenvalue weighted by Crippen LogP contribution is -2.57. The van der Waals surface area contributed by atoms with Crippen LogP contribution >= 0.6 is 0 Å². The van der Waals surface area contributed by atoms with Crippen molar-refractivity contribution in [3.8, 4) is 0 Å². The number of aryl methyl sites for hydroxylation is 2. The topological polar surface area (TPSA) is 65.9 Å². The summed E-state index contributed by atoms with van der Waals surface area (Å²) in [6, 6.07) is 10.3. The Morgan fingerprint density at radius 1 is 1.00 bits per heavy atom. The molecule has 36 heavy (non-hydrogen) atoms. The molecule has 1 aliphatic rings. The molecule has 7 nitrogen and oxygen atoms in total. The van der Waals surface area contributed by atoms with Crippen molar-refractivity contribution < 1.29 is 18.8 Å². The number of hydrogen-bond acceptors (Lipinski definition) is 4. The van der Waals surface area contributed by atoms with Gasteiger partial charge >= 0.3 is 0 Å². The van der Waals surface area contributed by atoms with Crippen LogP contribution in [0.1, 0.15) is 45.7 Å². The van der Waals surface area contributed by atoms with E-state index in [0.717, 1.165) is 16.6 Å². The lowest BCUT2D eigenvalue weighted by molar-refractivity contribution is -0.124. The van der Waals surface area contributed by atoms with Crippen molar-refractivity contribution in [1.82, 2.24) is 19.3 Å². The van der Waals surface area contributed by atoms with E-state index >= 15 is 0 Å². The summed E-state index contributed by atoms with van der Waals surface area (Å²) in [5.41, 5.74) is 3.48. The average Bonchev–Trinajstić information content (AvgIpc) is 3.15. The van der Waals surface area contributed by atoms with Gasteiger partial charge in [-0.15, -0.1) is 0 Å². The Morgan fingerprint density at radius 2 is 1.67 bits per heavy atom. The van der Waals surface area contributed by atoms with E-state index in [4.69, 9.17) is 0 Å². The summed E-state index contributed by atoms with van der Waals surface area (Å²) in [6.07, 6.45) is 1.65. The number of piperazine rings is 1. The normalized spacial score (nSPS) is 18.5. The van der Waals surface area contributed by atoms with Crippen LogP contribution < -0.4 is 0 Å². The third kappa shape index (κ3) is 4.78. The fourth-order valence-electron chi connectivity index (χ4n) is 4.94. The monoisotopic (exact) mass is 492 g/mol. The second-order valence-corrected chi connectivity index (χ2v) is 10.1. The molecule has 0 spiro atoms. The zero-order valence-corrected chi connectivity index (χ0v) is 21.7. The van der Waals surface area contributed by atoms with Crippen LogP contribution in [-0.4, -0.2) is 76.1 Å². The van der Waals surface area contributed by atoms with Gasteiger partial charge in [-0.1, -0.05) is 12.1 Å². The van der Waals surface area contributed by atoms with E-state index in [9.17, 15) is 18.8 Å². The molecule has 1 saturated heterocycles. The predicted octanol–water partition coefficient (Wildman–Crippen LogP) is 3.63. The molecule has 1 aliphatic heterocycles. The quantitative estimate of drug-likeness (QED) is 0.403. The Kier molecular flexibility index (Phi) is 7.00. The molecule has 0 unspecified atom stereocenters. The molecule has 2 atom stereocenters. The first-order valence-electron chi connectivity index (χ1n) is 12.1. The van der Waals surface area contributed by atoms with Gasteiger partial charge in [0.2, 0.25) is 0 Å². The Bertz CT molecular complexity index is 1330. The number of ketones is 1. The first-order valence-corrected chi connectivity index (χ1v) is 12.1. The third-order valence-corrected chi connectivity index (χ3v) is 7.09. The van der Waals surface area contributed by atoms with Crippen molar-refractivity contribution in [1.29, 1.82) is 0 Å². The molecule has 0 radical (unpaired) electrons. The van der Waals surface area contributed by atoms with Crippen LogP contribution in [0.15, 0.2) is 42.6 Å². The van der Waals surface area contributed by atoms with Gasteiger partial charge in [0.15, 0.2) is 0 Å². The summed E-state index contributed by atoms with van der Waals surface area (Å²) in [5, 5.41) is 0.599. The summed E-state index contributed by atoms with van der Waals surface area (Å²) in [6.45, 7) is 7.95. The Hall–Kier alpha value is -3.52. The van der Waals surface area contributed by atoms with Gasteiger partial charge in [-0.25, -0.2) is 4.39 Å². The summed E-state index contributed by atoms with van der Waals surface area (Å²) in [7, 11) is 4.91. The Morgan fingerprint density at radius 3 is 2.31 bits per heavy atom. The first kappa shape index (κ1) is 25.6. The number of hydrogen-bond donors (Lipinski definition) is 0. The number of benzene rings is 2. The average molecular weight is 493 g/mol. The number of rotatable bonds is 5. The molecular formula is C28H33FN4O3. The third-order valence-electron chi connectivity index (χ3n) is 7.09. The number of carbonyl (C=O) groups excluding carboxylic acids is 3. The fraction of sp³-hybridized carbons (Fsp3) is 0.393. The van der Waals surface area contributed by atoms with Crippen LogP contribution in [0.2, 0.25) is 0 Å². The van der Waals surface area contributed by atoms with Crippen molar-refractivity contribution in [2.75, 3.05) is 27.2 Å². The number of halogens is 1. The molecule has 2 amide bonds. The molecule has 0 aliphatic carbocycles. The number of likely N-dealkylation sites (N-methyl/N-ethyl adjacent to an activating group) is 1. The smallest absolute Gasteiger partial charge is 0.294 e. The number of carbonyl (C=O) groups is 3. The van der Waals surface area contributed by atoms with Gasteiger partial charge in [-0.3, -0.25) is 19.3 Å². The van der Waals surface area contributed by atoms with E-state index in [0.29, 0.717) is 36.1 Å². The van der Waals surface area contributed by atoms with Crippen LogP contribution in [0.3, 0.4) is 0 Å². The number of nitrogens with zero attached hydrogens (tertiary/aromatic N) is 4. The molecule has 0 N–H and O–H groups in total. The number of fused-ring (bicyclic) bond motifs is 1. The fourth-order valence-corrected chi connectivity index (χ4v) is 4.94. The lowest BCUT2D eigenvalue weighted by atomic mass is 9.99. The SMILES string of the molecule is Cc1cc2c(cc1C(=O)N1C[C@H](C)N(Cc3ccc(F)cc3)C[C@H]1C)c(C(=O)C(=O)N(C)C)cn2C. The highest BCUT2D eigenvalue weighted by molar-refractivity contribution is 6.44. The molecular weight excluding hydrogens is 459 g/mol. The molecule has 0 saturated carbocycles. The van der Waals surface area contributed by atoms with Gasteiger partial charge in [0.25, 0.3) is 17.6 Å². The standard InChI is InChI=1S/C28H33FN4O3/c1-17-11-25-23(24(16-31(25)6)26(34)28(36)30(4)5)12-22(17)27(35)33-14-18(2)32(13-19(33)3)15-20-7-9-21(29)10-8-20/h7-12,16,18-19H,13-15H2,1-6H3/t18-,19+/m0/s1. The molecule has 8 heteroatoms. The number of amides is 2. The molecule has 1 aromatic heterocycles. The van der Waals surface area contributed by atoms with Crippen molar-refractivity contribution >= 4 is 28.5 Å². The maximum atomic E-state index is 13.8. The van der Waals surface area contributed by atoms with E-state index in [1.807, 2.05) is 36.4 Å².